The van der Waals surface area contributed by atoms with Crippen LogP contribution < -0.4 is 10.2 Å². The van der Waals surface area contributed by atoms with Gasteiger partial charge in [0.05, 0.1) is 12.6 Å². The number of carbonyl (C=O) groups is 3. The van der Waals surface area contributed by atoms with Crippen LogP contribution in [0.1, 0.15) is 56.9 Å². The fraction of sp³-hybridized carbons (Fsp3) is 0.448. The molecule has 0 bridgehead atoms. The van der Waals surface area contributed by atoms with Gasteiger partial charge in [-0.05, 0) is 48.6 Å². The molecule has 0 aliphatic heterocycles. The maximum Gasteiger partial charge on any atom is 0.434 e. The van der Waals surface area contributed by atoms with Crippen molar-refractivity contribution in [3.05, 3.63) is 65.2 Å². The van der Waals surface area contributed by atoms with Gasteiger partial charge in [0, 0.05) is 24.2 Å². The maximum atomic E-state index is 13.2. The summed E-state index contributed by atoms with van der Waals surface area (Å²) in [6.07, 6.45) is 5.12. The second kappa shape index (κ2) is 15.2. The van der Waals surface area contributed by atoms with Crippen molar-refractivity contribution >= 4 is 40.9 Å². The number of nitrogens with one attached hydrogen (secondary N) is 1. The van der Waals surface area contributed by atoms with E-state index in [4.69, 9.17) is 16.3 Å². The Kier molecular flexibility index (Phi) is 11.8. The highest BCUT2D eigenvalue weighted by molar-refractivity contribution is 6.40. The Morgan fingerprint density at radius 2 is 1.84 bits per heavy atom. The van der Waals surface area contributed by atoms with E-state index in [0.717, 1.165) is 37.8 Å². The van der Waals surface area contributed by atoms with Gasteiger partial charge in [-0.25, -0.2) is 4.79 Å². The number of rotatable bonds is 11. The largest absolute Gasteiger partial charge is 0.443 e. The van der Waals surface area contributed by atoms with Crippen molar-refractivity contribution < 1.29 is 24.2 Å². The van der Waals surface area contributed by atoms with Crippen LogP contribution in [0.25, 0.3) is 0 Å². The number of aliphatic hydroxyl groups is 1. The highest BCUT2D eigenvalue weighted by Gasteiger charge is 2.24. The number of carbonyl (C=O) groups excluding carboxylic acids is 3. The lowest BCUT2D eigenvalue weighted by Gasteiger charge is -2.23. The summed E-state index contributed by atoms with van der Waals surface area (Å²) < 4.78 is 5.27. The molecule has 204 valence electrons. The Morgan fingerprint density at radius 1 is 1.11 bits per heavy atom. The molecule has 2 aromatic carbocycles. The highest BCUT2D eigenvalue weighted by Crippen LogP contribution is 2.27. The van der Waals surface area contributed by atoms with Gasteiger partial charge in [0.25, 0.3) is 5.91 Å². The average molecular weight is 542 g/mol. The van der Waals surface area contributed by atoms with Crippen LogP contribution in [0, 0.1) is 5.92 Å². The van der Waals surface area contributed by atoms with Crippen molar-refractivity contribution in [3.63, 3.8) is 0 Å². The van der Waals surface area contributed by atoms with E-state index in [-0.39, 0.29) is 43.6 Å². The molecule has 0 radical (unpaired) electrons. The van der Waals surface area contributed by atoms with Crippen LogP contribution in [-0.4, -0.2) is 48.4 Å². The number of nitrogens with zero attached hydrogens (tertiary/aromatic N) is 2. The molecular formula is C29H36ClN3O5. The van der Waals surface area contributed by atoms with Crippen LogP contribution in [-0.2, 0) is 20.9 Å². The molecule has 0 heterocycles. The predicted octanol–water partition coefficient (Wildman–Crippen LogP) is 5.31. The Bertz CT molecular complexity index is 1100. The molecule has 1 saturated carbocycles. The lowest BCUT2D eigenvalue weighted by molar-refractivity contribution is -0.119. The van der Waals surface area contributed by atoms with E-state index in [1.165, 1.54) is 0 Å². The third-order valence-electron chi connectivity index (χ3n) is 6.73. The monoisotopic (exact) mass is 541 g/mol. The van der Waals surface area contributed by atoms with Crippen LogP contribution in [0.2, 0.25) is 5.02 Å². The minimum atomic E-state index is -0.855. The number of para-hydroxylation sites is 1. The first-order valence-corrected chi connectivity index (χ1v) is 13.5. The summed E-state index contributed by atoms with van der Waals surface area (Å²) in [7, 11) is 1.69. The summed E-state index contributed by atoms with van der Waals surface area (Å²) in [4.78, 5) is 43.9. The van der Waals surface area contributed by atoms with Crippen LogP contribution in [0.3, 0.4) is 0 Å². The highest BCUT2D eigenvalue weighted by atomic mass is 35.5. The molecule has 3 rings (SSSR count). The molecule has 9 heteroatoms. The summed E-state index contributed by atoms with van der Waals surface area (Å²) in [5, 5.41) is 13.2. The number of aliphatic imine (C=N–C) groups is 1. The Labute approximate surface area is 229 Å². The molecule has 1 fully saturated rings. The zero-order valence-corrected chi connectivity index (χ0v) is 22.5. The molecule has 2 N–H and O–H groups in total. The van der Waals surface area contributed by atoms with Crippen molar-refractivity contribution in [1.29, 1.82) is 0 Å². The van der Waals surface area contributed by atoms with E-state index in [1.54, 1.807) is 36.2 Å². The van der Waals surface area contributed by atoms with Crippen LogP contribution >= 0.6 is 11.6 Å². The number of hydrogen-bond acceptors (Lipinski definition) is 5. The fourth-order valence-corrected chi connectivity index (χ4v) is 4.72. The zero-order valence-electron chi connectivity index (χ0n) is 21.8. The van der Waals surface area contributed by atoms with Gasteiger partial charge in [-0.2, -0.15) is 4.99 Å². The second-order valence-electron chi connectivity index (χ2n) is 9.63. The molecule has 0 saturated heterocycles. The van der Waals surface area contributed by atoms with Gasteiger partial charge < -0.3 is 20.1 Å². The molecule has 0 aromatic heterocycles. The van der Waals surface area contributed by atoms with Gasteiger partial charge in [-0.3, -0.25) is 9.59 Å². The molecule has 0 spiro atoms. The van der Waals surface area contributed by atoms with Crippen LogP contribution in [0.4, 0.5) is 10.5 Å². The molecule has 2 aromatic rings. The van der Waals surface area contributed by atoms with Gasteiger partial charge >= 0.3 is 6.09 Å². The predicted molar refractivity (Wildman–Crippen MR) is 148 cm³/mol. The molecule has 38 heavy (non-hydrogen) atoms. The van der Waals surface area contributed by atoms with Gasteiger partial charge in [-0.1, -0.05) is 74.0 Å². The summed E-state index contributed by atoms with van der Waals surface area (Å²) in [6.45, 7) is -0.360. The Hall–Kier alpha value is -3.23. The smallest absolute Gasteiger partial charge is 0.434 e. The molecule has 1 atom stereocenters. The maximum absolute atomic E-state index is 13.2. The van der Waals surface area contributed by atoms with E-state index in [2.05, 4.69) is 10.3 Å². The van der Waals surface area contributed by atoms with Crippen molar-refractivity contribution in [3.8, 4) is 0 Å². The molecule has 3 amide bonds. The summed E-state index contributed by atoms with van der Waals surface area (Å²) in [5.41, 5.74) is 1.56. The van der Waals surface area contributed by atoms with Crippen molar-refractivity contribution in [2.24, 2.45) is 10.9 Å². The zero-order chi connectivity index (χ0) is 27.3. The van der Waals surface area contributed by atoms with Crippen molar-refractivity contribution in [2.75, 3.05) is 18.6 Å². The van der Waals surface area contributed by atoms with Crippen LogP contribution in [0.15, 0.2) is 59.6 Å². The third kappa shape index (κ3) is 9.58. The minimum absolute atomic E-state index is 0.0163. The number of halogens is 1. The molecular weight excluding hydrogens is 506 g/mol. The lowest BCUT2D eigenvalue weighted by Crippen LogP contribution is -2.43. The Balaban J connectivity index is 1.61. The minimum Gasteiger partial charge on any atom is -0.443 e. The first kappa shape index (κ1) is 29.3. The number of aliphatic hydroxyl groups excluding tert-OH is 1. The number of ether oxygens (including phenoxy) is 1. The second-order valence-corrected chi connectivity index (χ2v) is 10.1. The molecule has 1 aliphatic rings. The van der Waals surface area contributed by atoms with Gasteiger partial charge in [0.2, 0.25) is 5.91 Å². The number of hydrogen-bond donors (Lipinski definition) is 2. The van der Waals surface area contributed by atoms with Gasteiger partial charge in [0.1, 0.15) is 12.3 Å². The normalized spacial score (nSPS) is 15.0. The molecule has 8 nitrogen and oxygen atoms in total. The van der Waals surface area contributed by atoms with Crippen LogP contribution in [0.5, 0.6) is 0 Å². The third-order valence-corrected chi connectivity index (χ3v) is 6.96. The number of anilines is 1. The topological polar surface area (TPSA) is 108 Å². The van der Waals surface area contributed by atoms with Gasteiger partial charge in [0.15, 0.2) is 0 Å². The van der Waals surface area contributed by atoms with Crippen molar-refractivity contribution in [2.45, 2.75) is 64.0 Å². The summed E-state index contributed by atoms with van der Waals surface area (Å²) in [6, 6.07) is 15.5. The number of amides is 3. The SMILES string of the molecule is CN(C(=O)CC[C@@H](CO)NC(=O)C(CC1CCCCC1)=NC(=O)OCc1cccc(Cl)c1)c1ccccc1. The van der Waals surface area contributed by atoms with E-state index in [0.29, 0.717) is 17.0 Å². The van der Waals surface area contributed by atoms with Crippen molar-refractivity contribution in [1.82, 2.24) is 5.32 Å². The number of benzene rings is 2. The molecule has 0 unspecified atom stereocenters. The van der Waals surface area contributed by atoms with E-state index in [1.807, 2.05) is 30.3 Å². The lowest BCUT2D eigenvalue weighted by atomic mass is 9.85. The Morgan fingerprint density at radius 3 is 2.53 bits per heavy atom. The summed E-state index contributed by atoms with van der Waals surface area (Å²) in [5.74, 6) is -0.412. The van der Waals surface area contributed by atoms with E-state index >= 15 is 0 Å². The van der Waals surface area contributed by atoms with E-state index in [9.17, 15) is 19.5 Å². The molecule has 1 aliphatic carbocycles. The quantitative estimate of drug-likeness (QED) is 0.375. The first-order chi connectivity index (χ1) is 18.4. The van der Waals surface area contributed by atoms with Gasteiger partial charge in [-0.15, -0.1) is 0 Å². The fourth-order valence-electron chi connectivity index (χ4n) is 4.51. The van der Waals surface area contributed by atoms with E-state index < -0.39 is 18.0 Å². The standard InChI is InChI=1S/C29H36ClN3O5/c1-33(25-13-6-3-7-14-25)27(35)16-15-24(19-34)31-28(36)26(18-21-9-4-2-5-10-21)32-29(37)38-20-22-11-8-12-23(30)17-22/h3,6-8,11-14,17,21,24,34H,2,4-5,9-10,15-16,18-20H2,1H3,(H,31,36)/t24-/m0/s1. The average Bonchev–Trinajstić information content (AvgIpc) is 2.94. The first-order valence-electron chi connectivity index (χ1n) is 13.1. The summed E-state index contributed by atoms with van der Waals surface area (Å²) >= 11 is 5.99.